The Hall–Kier alpha value is -1.89. The third-order valence-electron chi connectivity index (χ3n) is 2.78. The van der Waals surface area contributed by atoms with Crippen LogP contribution in [0.1, 0.15) is 5.56 Å². The zero-order chi connectivity index (χ0) is 15.6. The molecule has 0 spiro atoms. The van der Waals surface area contributed by atoms with E-state index in [0.29, 0.717) is 0 Å². The average molecular weight is 361 g/mol. The number of nitrogens with one attached hydrogen (secondary N) is 1. The number of benzene rings is 2. The number of halogens is 4. The maximum absolute atomic E-state index is 13.5. The van der Waals surface area contributed by atoms with E-state index in [-0.39, 0.29) is 11.4 Å². The summed E-state index contributed by atoms with van der Waals surface area (Å²) in [4.78, 5) is 0. The quantitative estimate of drug-likeness (QED) is 0.768. The van der Waals surface area contributed by atoms with Gasteiger partial charge in [-0.3, -0.25) is 0 Å². The molecule has 0 bridgehead atoms. The molecule has 0 saturated heterocycles. The fourth-order valence-electron chi connectivity index (χ4n) is 1.78. The predicted octanol–water partition coefficient (Wildman–Crippen LogP) is 4.82. The summed E-state index contributed by atoms with van der Waals surface area (Å²) in [6.45, 7) is -1.24. The largest absolute Gasteiger partial charge is 0.432 e. The molecule has 21 heavy (non-hydrogen) atoms. The van der Waals surface area contributed by atoms with Crippen molar-refractivity contribution >= 4 is 33.0 Å². The van der Waals surface area contributed by atoms with Gasteiger partial charge in [-0.05, 0) is 30.7 Å². The van der Waals surface area contributed by atoms with Crippen molar-refractivity contribution in [1.82, 2.24) is 0 Å². The summed E-state index contributed by atoms with van der Waals surface area (Å²) >= 11 is 3.34. The van der Waals surface area contributed by atoms with Crippen molar-refractivity contribution in [1.29, 1.82) is 0 Å². The van der Waals surface area contributed by atoms with Crippen LogP contribution < -0.4 is 15.8 Å². The summed E-state index contributed by atoms with van der Waals surface area (Å²) in [6.07, 6.45) is 0. The van der Waals surface area contributed by atoms with Gasteiger partial charge in [0.1, 0.15) is 0 Å². The Balaban J connectivity index is 2.34. The molecule has 0 fully saturated rings. The minimum atomic E-state index is -3.11. The lowest BCUT2D eigenvalue weighted by atomic mass is 10.2. The van der Waals surface area contributed by atoms with Crippen molar-refractivity contribution in [2.24, 2.45) is 0 Å². The number of aryl methyl sites for hydroxylation is 1. The second-order valence-corrected chi connectivity index (χ2v) is 5.25. The van der Waals surface area contributed by atoms with Gasteiger partial charge in [-0.2, -0.15) is 8.78 Å². The molecule has 2 aromatic carbocycles. The first-order valence-corrected chi connectivity index (χ1v) is 6.73. The van der Waals surface area contributed by atoms with Crippen LogP contribution in [0.4, 0.5) is 30.2 Å². The monoisotopic (exact) mass is 360 g/mol. The van der Waals surface area contributed by atoms with Gasteiger partial charge in [-0.15, -0.1) is 0 Å². The Morgan fingerprint density at radius 1 is 1.19 bits per heavy atom. The van der Waals surface area contributed by atoms with Crippen LogP contribution in [0.25, 0.3) is 0 Å². The topological polar surface area (TPSA) is 47.3 Å². The second kappa shape index (κ2) is 6.26. The van der Waals surface area contributed by atoms with Crippen molar-refractivity contribution in [2.75, 3.05) is 11.1 Å². The van der Waals surface area contributed by atoms with Crippen molar-refractivity contribution in [3.05, 3.63) is 46.2 Å². The van der Waals surface area contributed by atoms with E-state index in [4.69, 9.17) is 5.73 Å². The van der Waals surface area contributed by atoms with Crippen LogP contribution >= 0.6 is 15.9 Å². The average Bonchev–Trinajstić information content (AvgIpc) is 2.37. The van der Waals surface area contributed by atoms with Crippen molar-refractivity contribution in [3.63, 3.8) is 0 Å². The van der Waals surface area contributed by atoms with E-state index in [1.807, 2.05) is 19.1 Å². The van der Waals surface area contributed by atoms with Gasteiger partial charge in [-0.1, -0.05) is 15.9 Å². The highest BCUT2D eigenvalue weighted by molar-refractivity contribution is 9.10. The number of ether oxygens (including phenoxy) is 1. The normalized spacial score (nSPS) is 10.8. The number of nitrogens with two attached hydrogens (primary N) is 1. The van der Waals surface area contributed by atoms with Crippen molar-refractivity contribution < 1.29 is 17.9 Å². The Kier molecular flexibility index (Phi) is 4.62. The fraction of sp³-hybridized carbons (Fsp3) is 0.143. The van der Waals surface area contributed by atoms with E-state index in [1.54, 1.807) is 6.07 Å². The van der Waals surface area contributed by atoms with Crippen LogP contribution in [0, 0.1) is 12.7 Å². The molecule has 0 amide bonds. The zero-order valence-corrected chi connectivity index (χ0v) is 12.5. The molecular formula is C14H12BrF3N2O. The molecule has 2 aromatic rings. The molecule has 0 aliphatic rings. The lowest BCUT2D eigenvalue weighted by Crippen LogP contribution is -2.06. The summed E-state index contributed by atoms with van der Waals surface area (Å²) in [5.41, 5.74) is 7.71. The lowest BCUT2D eigenvalue weighted by molar-refractivity contribution is -0.0521. The summed E-state index contributed by atoms with van der Waals surface area (Å²) < 4.78 is 43.0. The number of alkyl halides is 2. The number of nitrogen functional groups attached to an aromatic ring is 1. The van der Waals surface area contributed by atoms with Crippen molar-refractivity contribution in [2.45, 2.75) is 13.5 Å². The highest BCUT2D eigenvalue weighted by Gasteiger charge is 2.14. The SMILES string of the molecule is Cc1cc(Br)ccc1Nc1cc(OC(F)F)c(F)cc1N. The standard InChI is InChI=1S/C14H12BrF3N2O/c1-7-4-8(15)2-3-11(7)20-12-6-13(21-14(17)18)9(16)5-10(12)19/h2-6,14,20H,19H2,1H3. The van der Waals surface area contributed by atoms with Gasteiger partial charge in [0.05, 0.1) is 11.4 Å². The molecule has 0 unspecified atom stereocenters. The highest BCUT2D eigenvalue weighted by atomic mass is 79.9. The number of rotatable bonds is 4. The molecule has 0 radical (unpaired) electrons. The highest BCUT2D eigenvalue weighted by Crippen LogP contribution is 2.32. The molecule has 112 valence electrons. The summed E-state index contributed by atoms with van der Waals surface area (Å²) in [5, 5.41) is 2.97. The van der Waals surface area contributed by atoms with Gasteiger partial charge in [0.25, 0.3) is 0 Å². The Morgan fingerprint density at radius 2 is 1.90 bits per heavy atom. The van der Waals surface area contributed by atoms with Crippen molar-refractivity contribution in [3.8, 4) is 5.75 Å². The zero-order valence-electron chi connectivity index (χ0n) is 11.0. The first-order chi connectivity index (χ1) is 9.86. The van der Waals surface area contributed by atoms with E-state index in [0.717, 1.165) is 27.9 Å². The number of hydrogen-bond donors (Lipinski definition) is 2. The molecule has 0 aliphatic heterocycles. The van der Waals surface area contributed by atoms with Crippen LogP contribution in [0.15, 0.2) is 34.8 Å². The van der Waals surface area contributed by atoms with Gasteiger partial charge in [0, 0.05) is 22.3 Å². The van der Waals surface area contributed by atoms with Crippen LogP contribution in [-0.2, 0) is 0 Å². The lowest BCUT2D eigenvalue weighted by Gasteiger charge is -2.14. The second-order valence-electron chi connectivity index (χ2n) is 4.33. The van der Waals surface area contributed by atoms with Gasteiger partial charge < -0.3 is 15.8 Å². The molecular weight excluding hydrogens is 349 g/mol. The maximum Gasteiger partial charge on any atom is 0.387 e. The molecule has 0 heterocycles. The van der Waals surface area contributed by atoms with Gasteiger partial charge >= 0.3 is 6.61 Å². The third kappa shape index (κ3) is 3.81. The van der Waals surface area contributed by atoms with E-state index < -0.39 is 18.2 Å². The summed E-state index contributed by atoms with van der Waals surface area (Å²) in [5.74, 6) is -1.50. The molecule has 0 saturated carbocycles. The maximum atomic E-state index is 13.5. The first kappa shape index (κ1) is 15.5. The smallest absolute Gasteiger partial charge is 0.387 e. The van der Waals surface area contributed by atoms with E-state index in [1.165, 1.54) is 0 Å². The Morgan fingerprint density at radius 3 is 2.52 bits per heavy atom. The first-order valence-electron chi connectivity index (χ1n) is 5.94. The minimum Gasteiger partial charge on any atom is -0.432 e. The number of hydrogen-bond acceptors (Lipinski definition) is 3. The molecule has 3 N–H and O–H groups in total. The summed E-state index contributed by atoms with van der Waals surface area (Å²) in [6, 6.07) is 7.52. The van der Waals surface area contributed by atoms with Crippen LogP contribution in [0.2, 0.25) is 0 Å². The van der Waals surface area contributed by atoms with Gasteiger partial charge in [-0.25, -0.2) is 4.39 Å². The number of anilines is 3. The molecule has 7 heteroatoms. The molecule has 3 nitrogen and oxygen atoms in total. The molecule has 0 atom stereocenters. The fourth-order valence-corrected chi connectivity index (χ4v) is 2.25. The molecule has 2 rings (SSSR count). The Labute approximate surface area is 128 Å². The van der Waals surface area contributed by atoms with E-state index >= 15 is 0 Å². The molecule has 0 aliphatic carbocycles. The Bertz CT molecular complexity index is 665. The summed E-state index contributed by atoms with van der Waals surface area (Å²) in [7, 11) is 0. The minimum absolute atomic E-state index is 0.0939. The van der Waals surface area contributed by atoms with Gasteiger partial charge in [0.2, 0.25) is 0 Å². The van der Waals surface area contributed by atoms with Gasteiger partial charge in [0.15, 0.2) is 11.6 Å². The van der Waals surface area contributed by atoms with E-state index in [9.17, 15) is 13.2 Å². The van der Waals surface area contributed by atoms with Crippen LogP contribution in [0.3, 0.4) is 0 Å². The molecule has 0 aromatic heterocycles. The van der Waals surface area contributed by atoms with Crippen LogP contribution in [0.5, 0.6) is 5.75 Å². The third-order valence-corrected chi connectivity index (χ3v) is 3.27. The van der Waals surface area contributed by atoms with Crippen LogP contribution in [-0.4, -0.2) is 6.61 Å². The van der Waals surface area contributed by atoms with E-state index in [2.05, 4.69) is 26.0 Å². The predicted molar refractivity (Wildman–Crippen MR) is 79.6 cm³/mol.